The number of morpholine rings is 1. The summed E-state index contributed by atoms with van der Waals surface area (Å²) in [5.41, 5.74) is 1.34. The summed E-state index contributed by atoms with van der Waals surface area (Å²) < 4.78 is 29.1. The number of hydrogen-bond donors (Lipinski definition) is 0. The number of halogens is 2. The summed E-state index contributed by atoms with van der Waals surface area (Å²) in [4.78, 5) is 14.9. The Morgan fingerprint density at radius 2 is 1.93 bits per heavy atom. The molecule has 0 spiro atoms. The maximum Gasteiger partial charge on any atom is 0.315 e. The molecular formula is C20H19ClFNO4S. The molecule has 148 valence electrons. The summed E-state index contributed by atoms with van der Waals surface area (Å²) in [6, 6.07) is 8.99. The quantitative estimate of drug-likeness (QED) is 0.415. The fourth-order valence-electron chi connectivity index (χ4n) is 2.81. The highest BCUT2D eigenvalue weighted by Crippen LogP contribution is 2.37. The van der Waals surface area contributed by atoms with Crippen molar-refractivity contribution in [2.24, 2.45) is 0 Å². The van der Waals surface area contributed by atoms with E-state index in [1.54, 1.807) is 12.1 Å². The SMILES string of the molecule is COc1cc(C(=S)N2CCOCC2)cc(Cl)c1OC(=O)Cc1ccc(F)cc1. The molecule has 0 radical (unpaired) electrons. The highest BCUT2D eigenvalue weighted by Gasteiger charge is 2.21. The van der Waals surface area contributed by atoms with E-state index in [2.05, 4.69) is 0 Å². The number of carbonyl (C=O) groups excluding carboxylic acids is 1. The highest BCUT2D eigenvalue weighted by molar-refractivity contribution is 7.80. The molecule has 0 saturated carbocycles. The first-order valence-corrected chi connectivity index (χ1v) is 9.46. The Bertz CT molecular complexity index is 869. The number of esters is 1. The summed E-state index contributed by atoms with van der Waals surface area (Å²) in [6.07, 6.45) is -0.0201. The molecular weight excluding hydrogens is 405 g/mol. The molecule has 0 aliphatic carbocycles. The largest absolute Gasteiger partial charge is 0.493 e. The molecule has 0 unspecified atom stereocenters. The van der Waals surface area contributed by atoms with Crippen LogP contribution in [0.15, 0.2) is 36.4 Å². The fourth-order valence-corrected chi connectivity index (χ4v) is 3.36. The van der Waals surface area contributed by atoms with Crippen LogP contribution in [-0.2, 0) is 16.0 Å². The third kappa shape index (κ3) is 4.98. The molecule has 1 aliphatic heterocycles. The van der Waals surface area contributed by atoms with Gasteiger partial charge in [-0.2, -0.15) is 0 Å². The minimum Gasteiger partial charge on any atom is -0.493 e. The number of rotatable bonds is 5. The van der Waals surface area contributed by atoms with Gasteiger partial charge in [-0.25, -0.2) is 4.39 Å². The van der Waals surface area contributed by atoms with Crippen molar-refractivity contribution in [2.75, 3.05) is 33.4 Å². The van der Waals surface area contributed by atoms with Crippen LogP contribution in [0.2, 0.25) is 5.02 Å². The first-order chi connectivity index (χ1) is 13.5. The van der Waals surface area contributed by atoms with Gasteiger partial charge in [-0.3, -0.25) is 4.79 Å². The number of nitrogens with zero attached hydrogens (tertiary/aromatic N) is 1. The first-order valence-electron chi connectivity index (χ1n) is 8.67. The third-order valence-electron chi connectivity index (χ3n) is 4.25. The van der Waals surface area contributed by atoms with Gasteiger partial charge in [0, 0.05) is 18.7 Å². The monoisotopic (exact) mass is 423 g/mol. The lowest BCUT2D eigenvalue weighted by Gasteiger charge is -2.29. The molecule has 1 aliphatic rings. The van der Waals surface area contributed by atoms with E-state index in [1.807, 2.05) is 4.90 Å². The van der Waals surface area contributed by atoms with Crippen LogP contribution in [0.1, 0.15) is 11.1 Å². The van der Waals surface area contributed by atoms with Crippen molar-refractivity contribution >= 4 is 34.8 Å². The van der Waals surface area contributed by atoms with E-state index in [0.29, 0.717) is 48.2 Å². The van der Waals surface area contributed by atoms with Crippen molar-refractivity contribution in [1.29, 1.82) is 0 Å². The predicted octanol–water partition coefficient (Wildman–Crippen LogP) is 3.64. The Labute approximate surface area is 172 Å². The summed E-state index contributed by atoms with van der Waals surface area (Å²) in [5.74, 6) is -0.459. The topological polar surface area (TPSA) is 48.0 Å². The Balaban J connectivity index is 1.76. The van der Waals surface area contributed by atoms with E-state index in [9.17, 15) is 9.18 Å². The second kappa shape index (κ2) is 9.32. The van der Waals surface area contributed by atoms with Gasteiger partial charge in [0.25, 0.3) is 0 Å². The zero-order valence-corrected chi connectivity index (χ0v) is 16.8. The summed E-state index contributed by atoms with van der Waals surface area (Å²) in [7, 11) is 1.46. The fraction of sp³-hybridized carbons (Fsp3) is 0.300. The predicted molar refractivity (Wildman–Crippen MR) is 108 cm³/mol. The second-order valence-corrected chi connectivity index (χ2v) is 6.97. The van der Waals surface area contributed by atoms with Crippen molar-refractivity contribution in [2.45, 2.75) is 6.42 Å². The highest BCUT2D eigenvalue weighted by atomic mass is 35.5. The van der Waals surface area contributed by atoms with Gasteiger partial charge in [-0.15, -0.1) is 0 Å². The standard InChI is InChI=1S/C20H19ClFNO4S/c1-25-17-12-14(20(28)23-6-8-26-9-7-23)11-16(21)19(17)27-18(24)10-13-2-4-15(22)5-3-13/h2-5,11-12H,6-10H2,1H3. The lowest BCUT2D eigenvalue weighted by Crippen LogP contribution is -2.40. The molecule has 3 rings (SSSR count). The Kier molecular flexibility index (Phi) is 6.83. The number of hydrogen-bond acceptors (Lipinski definition) is 5. The lowest BCUT2D eigenvalue weighted by molar-refractivity contribution is -0.133. The van der Waals surface area contributed by atoms with Crippen LogP contribution in [-0.4, -0.2) is 49.3 Å². The van der Waals surface area contributed by atoms with Gasteiger partial charge < -0.3 is 19.1 Å². The maximum absolute atomic E-state index is 13.0. The molecule has 1 fully saturated rings. The smallest absolute Gasteiger partial charge is 0.315 e. The number of methoxy groups -OCH3 is 1. The molecule has 0 bridgehead atoms. The van der Waals surface area contributed by atoms with Crippen LogP contribution in [0.4, 0.5) is 4.39 Å². The van der Waals surface area contributed by atoms with Gasteiger partial charge in [0.05, 0.1) is 31.8 Å². The molecule has 2 aromatic carbocycles. The average Bonchev–Trinajstić information content (AvgIpc) is 2.71. The molecule has 0 aromatic heterocycles. The normalized spacial score (nSPS) is 13.9. The first kappa shape index (κ1) is 20.5. The van der Waals surface area contributed by atoms with Crippen molar-refractivity contribution in [3.8, 4) is 11.5 Å². The van der Waals surface area contributed by atoms with Crippen LogP contribution in [0.3, 0.4) is 0 Å². The van der Waals surface area contributed by atoms with Gasteiger partial charge in [0.2, 0.25) is 0 Å². The number of benzene rings is 2. The Morgan fingerprint density at radius 3 is 2.57 bits per heavy atom. The van der Waals surface area contributed by atoms with Crippen molar-refractivity contribution < 1.29 is 23.4 Å². The minimum atomic E-state index is -0.532. The molecule has 5 nitrogen and oxygen atoms in total. The molecule has 1 saturated heterocycles. The number of carbonyl (C=O) groups is 1. The van der Waals surface area contributed by atoms with Gasteiger partial charge in [0.15, 0.2) is 11.5 Å². The summed E-state index contributed by atoms with van der Waals surface area (Å²) >= 11 is 11.9. The molecule has 28 heavy (non-hydrogen) atoms. The third-order valence-corrected chi connectivity index (χ3v) is 5.03. The van der Waals surface area contributed by atoms with E-state index in [4.69, 9.17) is 38.0 Å². The van der Waals surface area contributed by atoms with Crippen molar-refractivity contribution in [3.63, 3.8) is 0 Å². The Morgan fingerprint density at radius 1 is 1.25 bits per heavy atom. The zero-order valence-electron chi connectivity index (χ0n) is 15.2. The second-order valence-electron chi connectivity index (χ2n) is 6.17. The van der Waals surface area contributed by atoms with Crippen LogP contribution >= 0.6 is 23.8 Å². The summed E-state index contributed by atoms with van der Waals surface area (Å²) in [6.45, 7) is 2.63. The van der Waals surface area contributed by atoms with Gasteiger partial charge >= 0.3 is 5.97 Å². The average molecular weight is 424 g/mol. The van der Waals surface area contributed by atoms with Crippen molar-refractivity contribution in [3.05, 3.63) is 58.4 Å². The molecule has 1 heterocycles. The zero-order chi connectivity index (χ0) is 20.1. The van der Waals surface area contributed by atoms with Crippen LogP contribution in [0.25, 0.3) is 0 Å². The van der Waals surface area contributed by atoms with Crippen LogP contribution < -0.4 is 9.47 Å². The number of thiocarbonyl (C=S) groups is 1. The van der Waals surface area contributed by atoms with E-state index < -0.39 is 5.97 Å². The molecule has 2 aromatic rings. The lowest BCUT2D eigenvalue weighted by atomic mass is 10.1. The summed E-state index contributed by atoms with van der Waals surface area (Å²) in [5, 5.41) is 0.220. The molecule has 0 atom stereocenters. The molecule has 0 amide bonds. The maximum atomic E-state index is 13.0. The van der Waals surface area contributed by atoms with Gasteiger partial charge in [-0.1, -0.05) is 36.0 Å². The van der Waals surface area contributed by atoms with Crippen LogP contribution in [0.5, 0.6) is 11.5 Å². The molecule has 0 N–H and O–H groups in total. The number of ether oxygens (including phenoxy) is 3. The Hall–Kier alpha value is -2.22. The van der Waals surface area contributed by atoms with Gasteiger partial charge in [-0.05, 0) is 29.8 Å². The molecule has 8 heteroatoms. The van der Waals surface area contributed by atoms with E-state index in [1.165, 1.54) is 31.4 Å². The van der Waals surface area contributed by atoms with Gasteiger partial charge in [0.1, 0.15) is 10.8 Å². The van der Waals surface area contributed by atoms with Crippen LogP contribution in [0, 0.1) is 5.82 Å². The van der Waals surface area contributed by atoms with E-state index in [0.717, 1.165) is 0 Å². The van der Waals surface area contributed by atoms with E-state index in [-0.39, 0.29) is 23.0 Å². The van der Waals surface area contributed by atoms with E-state index >= 15 is 0 Å². The van der Waals surface area contributed by atoms with Crippen molar-refractivity contribution in [1.82, 2.24) is 4.90 Å². The minimum absolute atomic E-state index is 0.0201.